The maximum atomic E-state index is 11.3. The Morgan fingerprint density at radius 3 is 2.52 bits per heavy atom. The summed E-state index contributed by atoms with van der Waals surface area (Å²) in [7, 11) is 0. The van der Waals surface area contributed by atoms with Crippen LogP contribution in [0.25, 0.3) is 11.0 Å². The maximum absolute atomic E-state index is 11.3. The summed E-state index contributed by atoms with van der Waals surface area (Å²) in [5, 5.41) is 0.866. The van der Waals surface area contributed by atoms with Crippen LogP contribution >= 0.6 is 0 Å². The van der Waals surface area contributed by atoms with E-state index in [-0.39, 0.29) is 11.0 Å². The molecule has 1 fully saturated rings. The largest absolute Gasteiger partial charge is 0.493 e. The lowest BCUT2D eigenvalue weighted by Gasteiger charge is -2.41. The summed E-state index contributed by atoms with van der Waals surface area (Å²) < 4.78 is 22.6. The van der Waals surface area contributed by atoms with Gasteiger partial charge in [0.1, 0.15) is 11.3 Å². The van der Waals surface area contributed by atoms with E-state index < -0.39 is 5.79 Å². The lowest BCUT2D eigenvalue weighted by Crippen LogP contribution is -2.46. The van der Waals surface area contributed by atoms with Crippen molar-refractivity contribution < 1.29 is 18.6 Å². The molecule has 0 aliphatic carbocycles. The quantitative estimate of drug-likeness (QED) is 0.809. The van der Waals surface area contributed by atoms with Gasteiger partial charge in [0, 0.05) is 29.4 Å². The highest BCUT2D eigenvalue weighted by Gasteiger charge is 2.36. The van der Waals surface area contributed by atoms with Gasteiger partial charge in [0.2, 0.25) is 0 Å². The minimum atomic E-state index is -0.612. The summed E-state index contributed by atoms with van der Waals surface area (Å²) in [5.41, 5.74) is 0.206. The molecule has 124 valence electrons. The van der Waals surface area contributed by atoms with Crippen molar-refractivity contribution in [2.45, 2.75) is 33.0 Å². The average Bonchev–Trinajstić information content (AvgIpc) is 2.50. The second-order valence-electron chi connectivity index (χ2n) is 6.93. The summed E-state index contributed by atoms with van der Waals surface area (Å²) in [5.74, 6) is 0.0467. The number of rotatable bonds is 4. The fourth-order valence-electron chi connectivity index (χ4n) is 2.41. The van der Waals surface area contributed by atoms with Crippen LogP contribution < -0.4 is 10.4 Å². The summed E-state index contributed by atoms with van der Waals surface area (Å²) in [4.78, 5) is 11.3. The molecule has 0 amide bonds. The van der Waals surface area contributed by atoms with Crippen LogP contribution in [0.4, 0.5) is 0 Å². The second-order valence-corrected chi connectivity index (χ2v) is 6.93. The van der Waals surface area contributed by atoms with Gasteiger partial charge in [-0.1, -0.05) is 13.8 Å². The monoisotopic (exact) mass is 318 g/mol. The first-order chi connectivity index (χ1) is 10.9. The van der Waals surface area contributed by atoms with E-state index in [1.165, 1.54) is 6.07 Å². The normalized spacial score (nSPS) is 19.6. The van der Waals surface area contributed by atoms with E-state index in [1.54, 1.807) is 12.1 Å². The van der Waals surface area contributed by atoms with Gasteiger partial charge in [0.15, 0.2) is 5.79 Å². The summed E-state index contributed by atoms with van der Waals surface area (Å²) in [6.45, 7) is 7.97. The van der Waals surface area contributed by atoms with Crippen LogP contribution in [0.2, 0.25) is 0 Å². The SMILES string of the molecule is CC1(C)COC(C)(CCOc2ccc3ccc(=O)oc3c2)OC1. The van der Waals surface area contributed by atoms with Crippen molar-refractivity contribution in [3.63, 3.8) is 0 Å². The van der Waals surface area contributed by atoms with Crippen molar-refractivity contribution in [1.82, 2.24) is 0 Å². The molecule has 0 spiro atoms. The molecule has 0 N–H and O–H groups in total. The third-order valence-electron chi connectivity index (χ3n) is 3.96. The second kappa shape index (κ2) is 5.98. The topological polar surface area (TPSA) is 57.9 Å². The molecule has 5 heteroatoms. The molecule has 2 heterocycles. The molecule has 1 saturated heterocycles. The molecule has 2 aromatic rings. The molecule has 1 aromatic heterocycles. The number of ether oxygens (including phenoxy) is 3. The van der Waals surface area contributed by atoms with Crippen molar-refractivity contribution in [2.24, 2.45) is 5.41 Å². The first-order valence-electron chi connectivity index (χ1n) is 7.80. The van der Waals surface area contributed by atoms with Crippen LogP contribution in [0.1, 0.15) is 27.2 Å². The molecule has 1 aliphatic heterocycles. The molecule has 23 heavy (non-hydrogen) atoms. The van der Waals surface area contributed by atoms with E-state index in [2.05, 4.69) is 13.8 Å². The fourth-order valence-corrected chi connectivity index (χ4v) is 2.41. The third-order valence-corrected chi connectivity index (χ3v) is 3.96. The maximum Gasteiger partial charge on any atom is 0.336 e. The van der Waals surface area contributed by atoms with Gasteiger partial charge in [-0.15, -0.1) is 0 Å². The van der Waals surface area contributed by atoms with E-state index in [4.69, 9.17) is 18.6 Å². The van der Waals surface area contributed by atoms with Crippen molar-refractivity contribution in [3.8, 4) is 5.75 Å². The minimum Gasteiger partial charge on any atom is -0.493 e. The fraction of sp³-hybridized carbons (Fsp3) is 0.500. The number of fused-ring (bicyclic) bond motifs is 1. The molecule has 0 saturated carbocycles. The van der Waals surface area contributed by atoms with Crippen LogP contribution in [0.5, 0.6) is 5.75 Å². The van der Waals surface area contributed by atoms with Crippen LogP contribution in [-0.4, -0.2) is 25.6 Å². The van der Waals surface area contributed by atoms with Crippen molar-refractivity contribution >= 4 is 11.0 Å². The van der Waals surface area contributed by atoms with E-state index in [1.807, 2.05) is 19.1 Å². The highest BCUT2D eigenvalue weighted by molar-refractivity contribution is 5.77. The predicted octanol–water partition coefficient (Wildman–Crippen LogP) is 3.35. The van der Waals surface area contributed by atoms with Crippen LogP contribution in [0.15, 0.2) is 39.5 Å². The van der Waals surface area contributed by atoms with Crippen molar-refractivity contribution in [1.29, 1.82) is 0 Å². The van der Waals surface area contributed by atoms with Crippen LogP contribution in [0.3, 0.4) is 0 Å². The molecule has 0 atom stereocenters. The zero-order valence-corrected chi connectivity index (χ0v) is 13.8. The molecule has 0 unspecified atom stereocenters. The minimum absolute atomic E-state index is 0.0518. The van der Waals surface area contributed by atoms with Gasteiger partial charge in [-0.3, -0.25) is 0 Å². The van der Waals surface area contributed by atoms with E-state index >= 15 is 0 Å². The Labute approximate surface area is 135 Å². The third kappa shape index (κ3) is 3.92. The Kier molecular flexibility index (Phi) is 4.17. The van der Waals surface area contributed by atoms with Gasteiger partial charge in [-0.05, 0) is 25.1 Å². The first kappa shape index (κ1) is 16.0. The van der Waals surface area contributed by atoms with Gasteiger partial charge in [-0.2, -0.15) is 0 Å². The lowest BCUT2D eigenvalue weighted by molar-refractivity contribution is -0.293. The van der Waals surface area contributed by atoms with Gasteiger partial charge < -0.3 is 18.6 Å². The van der Waals surface area contributed by atoms with Crippen molar-refractivity contribution in [3.05, 3.63) is 40.8 Å². The molecule has 0 radical (unpaired) electrons. The van der Waals surface area contributed by atoms with Gasteiger partial charge >= 0.3 is 5.63 Å². The van der Waals surface area contributed by atoms with Gasteiger partial charge in [0.25, 0.3) is 0 Å². The Balaban J connectivity index is 1.59. The van der Waals surface area contributed by atoms with E-state index in [0.717, 1.165) is 5.39 Å². The summed E-state index contributed by atoms with van der Waals surface area (Å²) in [6, 6.07) is 8.59. The Hall–Kier alpha value is -1.85. The zero-order valence-electron chi connectivity index (χ0n) is 13.8. The molecule has 0 bridgehead atoms. The zero-order chi connectivity index (χ0) is 16.5. The number of hydrogen-bond donors (Lipinski definition) is 0. The van der Waals surface area contributed by atoms with E-state index in [9.17, 15) is 4.79 Å². The highest BCUT2D eigenvalue weighted by Crippen LogP contribution is 2.31. The number of hydrogen-bond acceptors (Lipinski definition) is 5. The molecule has 1 aliphatic rings. The van der Waals surface area contributed by atoms with Crippen LogP contribution in [0, 0.1) is 5.41 Å². The van der Waals surface area contributed by atoms with Crippen LogP contribution in [-0.2, 0) is 9.47 Å². The Morgan fingerprint density at radius 2 is 1.78 bits per heavy atom. The standard InChI is InChI=1S/C18H22O5/c1-17(2)11-21-18(3,22-12-17)8-9-20-14-6-4-13-5-7-16(19)23-15(13)10-14/h4-7,10H,8-9,11-12H2,1-3H3. The Morgan fingerprint density at radius 1 is 1.09 bits per heavy atom. The summed E-state index contributed by atoms with van der Waals surface area (Å²) >= 11 is 0. The lowest BCUT2D eigenvalue weighted by atomic mass is 9.94. The van der Waals surface area contributed by atoms with Crippen molar-refractivity contribution in [2.75, 3.05) is 19.8 Å². The molecule has 3 rings (SSSR count). The highest BCUT2D eigenvalue weighted by atomic mass is 16.7. The first-order valence-corrected chi connectivity index (χ1v) is 7.80. The summed E-state index contributed by atoms with van der Waals surface area (Å²) in [6.07, 6.45) is 0.625. The smallest absolute Gasteiger partial charge is 0.336 e. The molecule has 5 nitrogen and oxygen atoms in total. The van der Waals surface area contributed by atoms with E-state index in [0.29, 0.717) is 37.6 Å². The average molecular weight is 318 g/mol. The molecular formula is C18H22O5. The molecular weight excluding hydrogens is 296 g/mol. The van der Waals surface area contributed by atoms with Gasteiger partial charge in [0.05, 0.1) is 19.8 Å². The Bertz CT molecular complexity index is 736. The van der Waals surface area contributed by atoms with Gasteiger partial charge in [-0.25, -0.2) is 4.79 Å². The number of benzene rings is 1. The molecule has 1 aromatic carbocycles. The predicted molar refractivity (Wildman–Crippen MR) is 86.7 cm³/mol.